The number of hydrogen-bond acceptors (Lipinski definition) is 6. The van der Waals surface area contributed by atoms with E-state index in [1.54, 1.807) is 12.1 Å². The smallest absolute Gasteiger partial charge is 0.435 e. The van der Waals surface area contributed by atoms with E-state index < -0.39 is 17.8 Å². The highest BCUT2D eigenvalue weighted by molar-refractivity contribution is 6.05. The second kappa shape index (κ2) is 8.78. The van der Waals surface area contributed by atoms with Crippen molar-refractivity contribution in [3.8, 4) is 16.9 Å². The molecule has 0 unspecified atom stereocenters. The Morgan fingerprint density at radius 1 is 1.11 bits per heavy atom. The quantitative estimate of drug-likeness (QED) is 0.226. The lowest BCUT2D eigenvalue weighted by Crippen LogP contribution is -2.12. The Morgan fingerprint density at radius 3 is 2.44 bits per heavy atom. The van der Waals surface area contributed by atoms with Crippen LogP contribution in [0.2, 0.25) is 0 Å². The van der Waals surface area contributed by atoms with Crippen LogP contribution in [0.4, 0.5) is 18.9 Å². The zero-order valence-corrected chi connectivity index (χ0v) is 19.3. The van der Waals surface area contributed by atoms with Crippen LogP contribution in [-0.2, 0) is 23.8 Å². The van der Waals surface area contributed by atoms with E-state index in [4.69, 9.17) is 11.1 Å². The molecule has 2 aromatic heterocycles. The molecule has 0 saturated heterocycles. The summed E-state index contributed by atoms with van der Waals surface area (Å²) in [4.78, 5) is 16.4. The second-order valence-electron chi connectivity index (χ2n) is 8.60. The largest absolute Gasteiger partial charge is 0.465 e. The summed E-state index contributed by atoms with van der Waals surface area (Å²) in [5, 5.41) is 12.5. The van der Waals surface area contributed by atoms with Crippen LogP contribution in [0.5, 0.6) is 0 Å². The number of nitrogens with one attached hydrogen (secondary N) is 1. The van der Waals surface area contributed by atoms with Gasteiger partial charge in [-0.25, -0.2) is 14.5 Å². The number of carbonyl (C=O) groups excluding carboxylic acids is 1. The molecular formula is C26H22F3N5O2. The number of rotatable bonds is 4. The maximum atomic E-state index is 14.2. The molecular weight excluding hydrogens is 471 g/mol. The summed E-state index contributed by atoms with van der Waals surface area (Å²) in [5.41, 5.74) is 8.87. The van der Waals surface area contributed by atoms with E-state index in [9.17, 15) is 18.0 Å². The predicted octanol–water partition coefficient (Wildman–Crippen LogP) is 5.35. The summed E-state index contributed by atoms with van der Waals surface area (Å²) in [6.45, 7) is 0. The van der Waals surface area contributed by atoms with Gasteiger partial charge in [0.05, 0.1) is 35.1 Å². The molecule has 4 aromatic rings. The molecule has 7 nitrogen and oxygen atoms in total. The third-order valence-corrected chi connectivity index (χ3v) is 6.48. The highest BCUT2D eigenvalue weighted by atomic mass is 19.4. The molecule has 1 aliphatic carbocycles. The van der Waals surface area contributed by atoms with Gasteiger partial charge in [0.1, 0.15) is 0 Å². The van der Waals surface area contributed by atoms with E-state index in [2.05, 4.69) is 14.8 Å². The molecule has 10 heteroatoms. The van der Waals surface area contributed by atoms with Gasteiger partial charge < -0.3 is 15.9 Å². The summed E-state index contributed by atoms with van der Waals surface area (Å²) >= 11 is 0. The van der Waals surface area contributed by atoms with Crippen LogP contribution in [0.3, 0.4) is 0 Å². The molecule has 1 aliphatic rings. The van der Waals surface area contributed by atoms with Gasteiger partial charge in [0, 0.05) is 29.0 Å². The number of hydrogen-bond donors (Lipinski definition) is 2. The van der Waals surface area contributed by atoms with Crippen LogP contribution < -0.4 is 5.73 Å². The molecule has 0 bridgehead atoms. The molecule has 0 atom stereocenters. The lowest BCUT2D eigenvalue weighted by molar-refractivity contribution is -0.140. The van der Waals surface area contributed by atoms with Crippen molar-refractivity contribution in [1.29, 1.82) is 5.41 Å². The van der Waals surface area contributed by atoms with E-state index in [0.717, 1.165) is 34.0 Å². The normalized spacial score (nSPS) is 13.4. The SMILES string of the molecule is COC(=O)c1ccc(-n2cc(-c3nc4ccc(N)c(C=N)c4c4c3CCCC4)c(C(F)(F)F)n2)cc1. The number of fused-ring (bicyclic) bond motifs is 3. The number of esters is 1. The van der Waals surface area contributed by atoms with E-state index >= 15 is 0 Å². The number of alkyl halides is 3. The van der Waals surface area contributed by atoms with Crippen LogP contribution in [0.1, 0.15) is 45.6 Å². The molecule has 2 aromatic carbocycles. The van der Waals surface area contributed by atoms with Crippen molar-refractivity contribution in [1.82, 2.24) is 14.8 Å². The molecule has 0 spiro atoms. The van der Waals surface area contributed by atoms with E-state index in [0.29, 0.717) is 35.3 Å². The fourth-order valence-corrected chi connectivity index (χ4v) is 4.80. The first-order chi connectivity index (χ1) is 17.2. The first-order valence-electron chi connectivity index (χ1n) is 11.3. The molecule has 0 amide bonds. The highest BCUT2D eigenvalue weighted by Gasteiger charge is 2.39. The number of halogens is 3. The summed E-state index contributed by atoms with van der Waals surface area (Å²) in [5.74, 6) is -0.546. The zero-order chi connectivity index (χ0) is 25.6. The molecule has 36 heavy (non-hydrogen) atoms. The monoisotopic (exact) mass is 493 g/mol. The van der Waals surface area contributed by atoms with Crippen molar-refractivity contribution in [3.05, 3.63) is 70.5 Å². The first kappa shape index (κ1) is 23.5. The van der Waals surface area contributed by atoms with E-state index in [-0.39, 0.29) is 16.8 Å². The Kier molecular flexibility index (Phi) is 5.74. The number of nitrogen functional groups attached to an aromatic ring is 1. The van der Waals surface area contributed by atoms with Gasteiger partial charge in [-0.15, -0.1) is 0 Å². The van der Waals surface area contributed by atoms with Gasteiger partial charge in [-0.3, -0.25) is 0 Å². The van der Waals surface area contributed by atoms with Crippen LogP contribution in [0.15, 0.2) is 42.6 Å². The molecule has 5 rings (SSSR count). The number of carbonyl (C=O) groups is 1. The minimum absolute atomic E-state index is 0.118. The number of aryl methyl sites for hydroxylation is 1. The average molecular weight is 493 g/mol. The molecule has 0 radical (unpaired) electrons. The summed E-state index contributed by atoms with van der Waals surface area (Å²) in [6, 6.07) is 9.24. The van der Waals surface area contributed by atoms with Crippen molar-refractivity contribution in [2.45, 2.75) is 31.9 Å². The lowest BCUT2D eigenvalue weighted by Gasteiger charge is -2.22. The van der Waals surface area contributed by atoms with Crippen molar-refractivity contribution in [3.63, 3.8) is 0 Å². The molecule has 184 valence electrons. The van der Waals surface area contributed by atoms with Crippen LogP contribution in [0.25, 0.3) is 27.8 Å². The van der Waals surface area contributed by atoms with Gasteiger partial charge in [-0.05, 0) is 73.2 Å². The minimum atomic E-state index is -4.72. The zero-order valence-electron chi connectivity index (χ0n) is 19.3. The summed E-state index contributed by atoms with van der Waals surface area (Å²) < 4.78 is 48.4. The van der Waals surface area contributed by atoms with Crippen molar-refractivity contribution in [2.75, 3.05) is 12.8 Å². The molecule has 3 N–H and O–H groups in total. The van der Waals surface area contributed by atoms with Crippen molar-refractivity contribution < 1.29 is 22.7 Å². The van der Waals surface area contributed by atoms with Crippen LogP contribution >= 0.6 is 0 Å². The van der Waals surface area contributed by atoms with Gasteiger partial charge in [0.2, 0.25) is 0 Å². The number of methoxy groups -OCH3 is 1. The molecule has 0 saturated carbocycles. The number of anilines is 1. The Balaban J connectivity index is 1.74. The molecule has 0 aliphatic heterocycles. The minimum Gasteiger partial charge on any atom is -0.465 e. The van der Waals surface area contributed by atoms with Gasteiger partial charge >= 0.3 is 12.1 Å². The molecule has 2 heterocycles. The summed E-state index contributed by atoms with van der Waals surface area (Å²) in [7, 11) is 1.25. The van der Waals surface area contributed by atoms with Crippen LogP contribution in [0, 0.1) is 5.41 Å². The fourth-order valence-electron chi connectivity index (χ4n) is 4.80. The Hall–Kier alpha value is -4.21. The third-order valence-electron chi connectivity index (χ3n) is 6.48. The molecule has 0 fully saturated rings. The predicted molar refractivity (Wildman–Crippen MR) is 130 cm³/mol. The van der Waals surface area contributed by atoms with E-state index in [1.165, 1.54) is 43.8 Å². The number of nitrogens with two attached hydrogens (primary N) is 1. The van der Waals surface area contributed by atoms with Crippen LogP contribution in [-0.4, -0.2) is 34.1 Å². The number of ether oxygens (including phenoxy) is 1. The number of pyridine rings is 1. The van der Waals surface area contributed by atoms with E-state index in [1.807, 2.05) is 0 Å². The Bertz CT molecular complexity index is 1510. The number of aromatic nitrogens is 3. The van der Waals surface area contributed by atoms with Gasteiger partial charge in [-0.2, -0.15) is 18.3 Å². The Labute approximate surface area is 204 Å². The van der Waals surface area contributed by atoms with Crippen molar-refractivity contribution in [2.24, 2.45) is 0 Å². The van der Waals surface area contributed by atoms with Crippen molar-refractivity contribution >= 4 is 28.8 Å². The fraction of sp³-hybridized carbons (Fsp3) is 0.231. The Morgan fingerprint density at radius 2 is 1.81 bits per heavy atom. The maximum absolute atomic E-state index is 14.2. The first-order valence-corrected chi connectivity index (χ1v) is 11.3. The topological polar surface area (TPSA) is 107 Å². The number of benzene rings is 2. The highest BCUT2D eigenvalue weighted by Crippen LogP contribution is 2.42. The number of nitrogens with zero attached hydrogens (tertiary/aromatic N) is 3. The van der Waals surface area contributed by atoms with Gasteiger partial charge in [0.15, 0.2) is 5.69 Å². The second-order valence-corrected chi connectivity index (χ2v) is 8.60. The van der Waals surface area contributed by atoms with Gasteiger partial charge in [-0.1, -0.05) is 0 Å². The average Bonchev–Trinajstić information content (AvgIpc) is 3.34. The van der Waals surface area contributed by atoms with Gasteiger partial charge in [0.25, 0.3) is 0 Å². The lowest BCUT2D eigenvalue weighted by atomic mass is 9.85. The summed E-state index contributed by atoms with van der Waals surface area (Å²) in [6.07, 6.45) is 0.715. The maximum Gasteiger partial charge on any atom is 0.435 e. The standard InChI is InChI=1S/C26H22F3N5O2/c1-36-25(35)14-6-8-15(9-7-14)34-13-19(24(33-34)26(27,28)29)23-17-5-3-2-4-16(17)22-18(12-30)20(31)10-11-21(22)32-23/h6-13,30H,2-5,31H2,1H3. The third kappa shape index (κ3) is 3.88.